The fraction of sp³-hybridized carbons (Fsp3) is 0.200. The van der Waals surface area contributed by atoms with Crippen molar-refractivity contribution in [2.24, 2.45) is 5.10 Å². The van der Waals surface area contributed by atoms with Gasteiger partial charge in [-0.15, -0.1) is 0 Å². The van der Waals surface area contributed by atoms with Crippen molar-refractivity contribution in [2.75, 3.05) is 0 Å². The molecule has 2 aromatic rings. The van der Waals surface area contributed by atoms with Crippen LogP contribution in [0.1, 0.15) is 30.5 Å². The summed E-state index contributed by atoms with van der Waals surface area (Å²) in [5.41, 5.74) is 11.5. The van der Waals surface area contributed by atoms with E-state index in [-0.39, 0.29) is 17.8 Å². The molecule has 0 saturated carbocycles. The topological polar surface area (TPSA) is 65.5 Å². The number of nitrogens with one attached hydrogen (secondary N) is 3. The monoisotopic (exact) mass is 352 g/mol. The number of amides is 1. The lowest BCUT2D eigenvalue weighted by atomic mass is 10.0. The quantitative estimate of drug-likeness (QED) is 0.573. The van der Waals surface area contributed by atoms with E-state index in [1.54, 1.807) is 18.3 Å². The maximum atomic E-state index is 13.0. The van der Waals surface area contributed by atoms with E-state index in [9.17, 15) is 9.18 Å². The highest BCUT2D eigenvalue weighted by atomic mass is 19.1. The molecule has 0 bridgehead atoms. The molecule has 26 heavy (non-hydrogen) atoms. The number of carbonyl (C=O) groups is 1. The van der Waals surface area contributed by atoms with E-state index < -0.39 is 6.04 Å². The van der Waals surface area contributed by atoms with E-state index in [1.807, 2.05) is 43.3 Å². The first-order valence-corrected chi connectivity index (χ1v) is 8.44. The minimum atomic E-state index is -0.402. The summed E-state index contributed by atoms with van der Waals surface area (Å²) in [5, 5.41) is 4.01. The molecule has 1 amide bonds. The summed E-state index contributed by atoms with van der Waals surface area (Å²) in [7, 11) is 0. The van der Waals surface area contributed by atoms with Crippen LogP contribution in [-0.2, 0) is 4.79 Å². The van der Waals surface area contributed by atoms with Gasteiger partial charge in [0.05, 0.1) is 6.21 Å². The third-order valence-corrected chi connectivity index (χ3v) is 4.13. The summed E-state index contributed by atoms with van der Waals surface area (Å²) in [4.78, 5) is 12.2. The lowest BCUT2D eigenvalue weighted by Gasteiger charge is -2.09. The largest absolute Gasteiger partial charge is 0.271 e. The standard InChI is InChI=1S/C20H21FN4O/c1-14(11-15-5-3-2-4-6-15)13-22-25-20(26)19-12-18(23-24-19)16-7-9-17(21)10-8-16/h2-11,13,18-19,23-24H,12H2,1H3,(H,25,26)/b14-11+,22-13+. The van der Waals surface area contributed by atoms with Crippen LogP contribution in [0.4, 0.5) is 4.39 Å². The molecule has 2 aromatic carbocycles. The van der Waals surface area contributed by atoms with Crippen molar-refractivity contribution >= 4 is 18.2 Å². The van der Waals surface area contributed by atoms with Crippen LogP contribution in [0.3, 0.4) is 0 Å². The van der Waals surface area contributed by atoms with Crippen molar-refractivity contribution < 1.29 is 9.18 Å². The molecule has 0 aromatic heterocycles. The molecule has 3 rings (SSSR count). The highest BCUT2D eigenvalue weighted by Crippen LogP contribution is 2.22. The van der Waals surface area contributed by atoms with E-state index in [1.165, 1.54) is 12.1 Å². The molecule has 2 unspecified atom stereocenters. The number of nitrogens with zero attached hydrogens (tertiary/aromatic N) is 1. The highest BCUT2D eigenvalue weighted by Gasteiger charge is 2.29. The van der Waals surface area contributed by atoms with Gasteiger partial charge in [0.15, 0.2) is 0 Å². The Bertz CT molecular complexity index is 802. The van der Waals surface area contributed by atoms with Gasteiger partial charge in [-0.05, 0) is 42.2 Å². The first-order chi connectivity index (χ1) is 12.6. The Morgan fingerprint density at radius 3 is 2.62 bits per heavy atom. The normalized spacial score (nSPS) is 20.5. The van der Waals surface area contributed by atoms with Gasteiger partial charge in [-0.25, -0.2) is 20.7 Å². The van der Waals surface area contributed by atoms with Gasteiger partial charge in [0.25, 0.3) is 5.91 Å². The Morgan fingerprint density at radius 2 is 1.88 bits per heavy atom. The minimum Gasteiger partial charge on any atom is -0.271 e. The molecule has 134 valence electrons. The lowest BCUT2D eigenvalue weighted by Crippen LogP contribution is -2.41. The van der Waals surface area contributed by atoms with Gasteiger partial charge in [-0.1, -0.05) is 48.5 Å². The number of hydrogen-bond donors (Lipinski definition) is 3. The molecule has 3 N–H and O–H groups in total. The van der Waals surface area contributed by atoms with E-state index in [4.69, 9.17) is 0 Å². The predicted molar refractivity (Wildman–Crippen MR) is 101 cm³/mol. The van der Waals surface area contributed by atoms with Crippen molar-refractivity contribution in [2.45, 2.75) is 25.4 Å². The van der Waals surface area contributed by atoms with Crippen LogP contribution in [0.25, 0.3) is 6.08 Å². The Labute approximate surface area is 152 Å². The summed E-state index contributed by atoms with van der Waals surface area (Å²) in [6, 6.07) is 15.7. The molecule has 0 aliphatic carbocycles. The SMILES string of the molecule is CC(/C=N/NC(=O)C1CC(c2ccc(F)cc2)NN1)=C\c1ccccc1. The summed E-state index contributed by atoms with van der Waals surface area (Å²) in [6.45, 7) is 1.92. The highest BCUT2D eigenvalue weighted by molar-refractivity contribution is 5.87. The minimum absolute atomic E-state index is 0.0463. The average Bonchev–Trinajstić information content (AvgIpc) is 3.13. The Balaban J connectivity index is 1.51. The molecule has 2 atom stereocenters. The predicted octanol–water partition coefficient (Wildman–Crippen LogP) is 2.94. The second kappa shape index (κ2) is 8.51. The fourth-order valence-electron chi connectivity index (χ4n) is 2.77. The van der Waals surface area contributed by atoms with Crippen LogP contribution in [-0.4, -0.2) is 18.2 Å². The van der Waals surface area contributed by atoms with Gasteiger partial charge in [0, 0.05) is 6.04 Å². The van der Waals surface area contributed by atoms with Crippen molar-refractivity contribution in [3.8, 4) is 0 Å². The number of allylic oxidation sites excluding steroid dienone is 1. The van der Waals surface area contributed by atoms with Crippen LogP contribution in [0, 0.1) is 5.82 Å². The van der Waals surface area contributed by atoms with Gasteiger partial charge in [-0.2, -0.15) is 5.10 Å². The van der Waals surface area contributed by atoms with Gasteiger partial charge in [0.2, 0.25) is 0 Å². The summed E-state index contributed by atoms with van der Waals surface area (Å²) < 4.78 is 13.0. The molecule has 6 heteroatoms. The zero-order valence-electron chi connectivity index (χ0n) is 14.4. The molecule has 0 radical (unpaired) electrons. The van der Waals surface area contributed by atoms with E-state index in [2.05, 4.69) is 21.4 Å². The molecule has 1 saturated heterocycles. The van der Waals surface area contributed by atoms with Gasteiger partial charge in [-0.3, -0.25) is 4.79 Å². The summed E-state index contributed by atoms with van der Waals surface area (Å²) in [5.74, 6) is -0.492. The molecule has 0 spiro atoms. The van der Waals surface area contributed by atoms with Crippen molar-refractivity contribution in [3.05, 3.63) is 77.1 Å². The number of carbonyl (C=O) groups excluding carboxylic acids is 1. The smallest absolute Gasteiger partial charge is 0.258 e. The van der Waals surface area contributed by atoms with Crippen LogP contribution in [0.5, 0.6) is 0 Å². The first-order valence-electron chi connectivity index (χ1n) is 8.44. The van der Waals surface area contributed by atoms with Crippen LogP contribution >= 0.6 is 0 Å². The third kappa shape index (κ3) is 4.84. The first kappa shape index (κ1) is 18.0. The second-order valence-electron chi connectivity index (χ2n) is 6.21. The number of hydrogen-bond acceptors (Lipinski definition) is 4. The third-order valence-electron chi connectivity index (χ3n) is 4.13. The van der Waals surface area contributed by atoms with E-state index >= 15 is 0 Å². The number of halogens is 1. The lowest BCUT2D eigenvalue weighted by molar-refractivity contribution is -0.122. The number of rotatable bonds is 5. The van der Waals surface area contributed by atoms with Crippen molar-refractivity contribution in [1.82, 2.24) is 16.3 Å². The second-order valence-corrected chi connectivity index (χ2v) is 6.21. The number of benzene rings is 2. The zero-order valence-corrected chi connectivity index (χ0v) is 14.4. The van der Waals surface area contributed by atoms with Crippen LogP contribution in [0.2, 0.25) is 0 Å². The van der Waals surface area contributed by atoms with Crippen molar-refractivity contribution in [1.29, 1.82) is 0 Å². The Kier molecular flexibility index (Phi) is 5.88. The number of hydrazine groups is 1. The van der Waals surface area contributed by atoms with Crippen LogP contribution in [0.15, 0.2) is 65.3 Å². The molecule has 1 aliphatic rings. The van der Waals surface area contributed by atoms with Gasteiger partial charge < -0.3 is 0 Å². The van der Waals surface area contributed by atoms with E-state index in [0.29, 0.717) is 6.42 Å². The Hall–Kier alpha value is -2.83. The van der Waals surface area contributed by atoms with E-state index in [0.717, 1.165) is 16.7 Å². The zero-order chi connectivity index (χ0) is 18.4. The summed E-state index contributed by atoms with van der Waals surface area (Å²) >= 11 is 0. The molecule has 1 heterocycles. The van der Waals surface area contributed by atoms with Crippen molar-refractivity contribution in [3.63, 3.8) is 0 Å². The Morgan fingerprint density at radius 1 is 1.15 bits per heavy atom. The maximum Gasteiger partial charge on any atom is 0.258 e. The molecular weight excluding hydrogens is 331 g/mol. The number of hydrazone groups is 1. The average molecular weight is 352 g/mol. The van der Waals surface area contributed by atoms with Gasteiger partial charge in [0.1, 0.15) is 11.9 Å². The molecular formula is C20H21FN4O. The summed E-state index contributed by atoms with van der Waals surface area (Å²) in [6.07, 6.45) is 4.16. The van der Waals surface area contributed by atoms with Crippen LogP contribution < -0.4 is 16.3 Å². The molecule has 1 aliphatic heterocycles. The maximum absolute atomic E-state index is 13.0. The molecule has 5 nitrogen and oxygen atoms in total. The molecule has 1 fully saturated rings. The fourth-order valence-corrected chi connectivity index (χ4v) is 2.77. The van der Waals surface area contributed by atoms with Gasteiger partial charge >= 0.3 is 0 Å².